The van der Waals surface area contributed by atoms with Crippen LogP contribution in [-0.4, -0.2) is 5.16 Å². The van der Waals surface area contributed by atoms with E-state index in [-0.39, 0.29) is 0 Å². The van der Waals surface area contributed by atoms with Crippen LogP contribution in [0.15, 0.2) is 34.9 Å². The van der Waals surface area contributed by atoms with Crippen LogP contribution in [0.3, 0.4) is 0 Å². The summed E-state index contributed by atoms with van der Waals surface area (Å²) in [5, 5.41) is 4.00. The Morgan fingerprint density at radius 2 is 2.00 bits per heavy atom. The number of hydrogen-bond acceptors (Lipinski definition) is 3. The molecule has 0 radical (unpaired) electrons. The Morgan fingerprint density at radius 3 is 2.53 bits per heavy atom. The zero-order valence-corrected chi connectivity index (χ0v) is 10.3. The molecular formula is C14H18N2O. The summed E-state index contributed by atoms with van der Waals surface area (Å²) in [7, 11) is 0. The molecule has 0 spiro atoms. The molecule has 1 atom stereocenters. The average molecular weight is 230 g/mol. The van der Waals surface area contributed by atoms with Gasteiger partial charge in [-0.1, -0.05) is 43.3 Å². The van der Waals surface area contributed by atoms with E-state index in [0.717, 1.165) is 17.7 Å². The third-order valence-corrected chi connectivity index (χ3v) is 3.15. The quantitative estimate of drug-likeness (QED) is 0.876. The minimum atomic E-state index is 0.387. The van der Waals surface area contributed by atoms with Gasteiger partial charge in [0.25, 0.3) is 0 Å². The lowest BCUT2D eigenvalue weighted by Crippen LogP contribution is -1.92. The lowest BCUT2D eigenvalue weighted by atomic mass is 9.97. The fourth-order valence-electron chi connectivity index (χ4n) is 1.76. The van der Waals surface area contributed by atoms with Crippen molar-refractivity contribution in [3.63, 3.8) is 0 Å². The van der Waals surface area contributed by atoms with E-state index in [1.54, 1.807) is 0 Å². The maximum atomic E-state index is 5.49. The highest BCUT2D eigenvalue weighted by molar-refractivity contribution is 5.59. The van der Waals surface area contributed by atoms with Gasteiger partial charge in [-0.05, 0) is 17.9 Å². The topological polar surface area (TPSA) is 52.0 Å². The summed E-state index contributed by atoms with van der Waals surface area (Å²) in [5.41, 5.74) is 8.77. The van der Waals surface area contributed by atoms with Gasteiger partial charge >= 0.3 is 0 Å². The third-order valence-electron chi connectivity index (χ3n) is 3.15. The summed E-state index contributed by atoms with van der Waals surface area (Å²) < 4.78 is 5.09. The van der Waals surface area contributed by atoms with Gasteiger partial charge in [0.05, 0.1) is 6.54 Å². The molecule has 0 fully saturated rings. The van der Waals surface area contributed by atoms with E-state index in [1.165, 1.54) is 5.56 Å². The molecular weight excluding hydrogens is 212 g/mol. The van der Waals surface area contributed by atoms with Crippen LogP contribution in [0.5, 0.6) is 0 Å². The Morgan fingerprint density at radius 1 is 1.29 bits per heavy atom. The highest BCUT2D eigenvalue weighted by atomic mass is 16.5. The van der Waals surface area contributed by atoms with Crippen molar-refractivity contribution in [3.8, 4) is 11.3 Å². The van der Waals surface area contributed by atoms with E-state index in [1.807, 2.05) is 6.07 Å². The van der Waals surface area contributed by atoms with Gasteiger partial charge in [-0.15, -0.1) is 0 Å². The summed E-state index contributed by atoms with van der Waals surface area (Å²) in [4.78, 5) is 0. The Kier molecular flexibility index (Phi) is 3.59. The van der Waals surface area contributed by atoms with Crippen LogP contribution >= 0.6 is 0 Å². The van der Waals surface area contributed by atoms with Crippen molar-refractivity contribution in [2.75, 3.05) is 0 Å². The van der Waals surface area contributed by atoms with Crippen LogP contribution in [0.2, 0.25) is 0 Å². The number of nitrogens with two attached hydrogens (primary N) is 1. The molecule has 0 aliphatic rings. The van der Waals surface area contributed by atoms with Gasteiger partial charge in [0.1, 0.15) is 5.69 Å². The largest absolute Gasteiger partial charge is 0.359 e. The van der Waals surface area contributed by atoms with E-state index in [4.69, 9.17) is 10.3 Å². The molecule has 2 N–H and O–H groups in total. The molecule has 0 bridgehead atoms. The average Bonchev–Trinajstić information content (AvgIpc) is 2.87. The van der Waals surface area contributed by atoms with Crippen molar-refractivity contribution in [1.29, 1.82) is 0 Å². The summed E-state index contributed by atoms with van der Waals surface area (Å²) in [6.07, 6.45) is 1.15. The Hall–Kier alpha value is -1.61. The Balaban J connectivity index is 2.22. The highest BCUT2D eigenvalue weighted by Gasteiger charge is 2.07. The van der Waals surface area contributed by atoms with Crippen molar-refractivity contribution in [1.82, 2.24) is 5.16 Å². The second kappa shape index (κ2) is 5.15. The number of aromatic nitrogens is 1. The van der Waals surface area contributed by atoms with Crippen molar-refractivity contribution in [2.24, 2.45) is 5.73 Å². The molecule has 2 aromatic rings. The van der Waals surface area contributed by atoms with Gasteiger partial charge in [0.2, 0.25) is 0 Å². The summed E-state index contributed by atoms with van der Waals surface area (Å²) in [6.45, 7) is 4.82. The molecule has 3 heteroatoms. The molecule has 17 heavy (non-hydrogen) atoms. The maximum absolute atomic E-state index is 5.49. The zero-order chi connectivity index (χ0) is 12.3. The lowest BCUT2D eigenvalue weighted by Gasteiger charge is -2.08. The number of hydrogen-bond donors (Lipinski definition) is 1. The minimum Gasteiger partial charge on any atom is -0.359 e. The van der Waals surface area contributed by atoms with E-state index in [2.05, 4.69) is 43.3 Å². The molecule has 0 saturated heterocycles. The molecule has 90 valence electrons. The molecule has 1 unspecified atom stereocenters. The Bertz CT molecular complexity index is 473. The van der Waals surface area contributed by atoms with E-state index in [9.17, 15) is 0 Å². The van der Waals surface area contributed by atoms with Crippen LogP contribution in [0.4, 0.5) is 0 Å². The normalized spacial score (nSPS) is 12.6. The lowest BCUT2D eigenvalue weighted by molar-refractivity contribution is 0.387. The van der Waals surface area contributed by atoms with E-state index >= 15 is 0 Å². The fraction of sp³-hybridized carbons (Fsp3) is 0.357. The van der Waals surface area contributed by atoms with Crippen LogP contribution in [-0.2, 0) is 6.54 Å². The maximum Gasteiger partial charge on any atom is 0.150 e. The first-order valence-electron chi connectivity index (χ1n) is 6.00. The minimum absolute atomic E-state index is 0.387. The number of nitrogens with zero attached hydrogens (tertiary/aromatic N) is 1. The third kappa shape index (κ3) is 2.56. The molecule has 1 aromatic heterocycles. The summed E-state index contributed by atoms with van der Waals surface area (Å²) in [6, 6.07) is 10.4. The predicted molar refractivity (Wildman–Crippen MR) is 68.5 cm³/mol. The molecule has 0 amide bonds. The van der Waals surface area contributed by atoms with Gasteiger partial charge in [-0.2, -0.15) is 0 Å². The second-order valence-electron chi connectivity index (χ2n) is 4.31. The van der Waals surface area contributed by atoms with Gasteiger partial charge in [-0.3, -0.25) is 0 Å². The van der Waals surface area contributed by atoms with Crippen LogP contribution < -0.4 is 5.73 Å². The monoisotopic (exact) mass is 230 g/mol. The molecule has 0 saturated carbocycles. The smallest absolute Gasteiger partial charge is 0.150 e. The molecule has 1 heterocycles. The van der Waals surface area contributed by atoms with E-state index in [0.29, 0.717) is 18.2 Å². The number of rotatable bonds is 4. The first kappa shape index (κ1) is 11.9. The fourth-order valence-corrected chi connectivity index (χ4v) is 1.76. The first-order valence-corrected chi connectivity index (χ1v) is 6.00. The van der Waals surface area contributed by atoms with Crippen LogP contribution in [0.25, 0.3) is 11.3 Å². The Labute approximate surface area is 102 Å². The highest BCUT2D eigenvalue weighted by Crippen LogP contribution is 2.23. The molecule has 1 aromatic carbocycles. The molecule has 2 rings (SSSR count). The van der Waals surface area contributed by atoms with Crippen molar-refractivity contribution >= 4 is 0 Å². The van der Waals surface area contributed by atoms with Gasteiger partial charge < -0.3 is 10.3 Å². The molecule has 3 nitrogen and oxygen atoms in total. The first-order chi connectivity index (χ1) is 8.24. The van der Waals surface area contributed by atoms with Crippen molar-refractivity contribution < 1.29 is 4.52 Å². The van der Waals surface area contributed by atoms with Crippen LogP contribution in [0, 0.1) is 0 Å². The van der Waals surface area contributed by atoms with Crippen molar-refractivity contribution in [3.05, 3.63) is 41.7 Å². The van der Waals surface area contributed by atoms with E-state index < -0.39 is 0 Å². The predicted octanol–water partition coefficient (Wildman–Crippen LogP) is 3.31. The summed E-state index contributed by atoms with van der Waals surface area (Å²) >= 11 is 0. The zero-order valence-electron chi connectivity index (χ0n) is 10.3. The molecule has 0 aliphatic carbocycles. The van der Waals surface area contributed by atoms with Crippen LogP contribution in [0.1, 0.15) is 37.5 Å². The number of benzene rings is 1. The standard InChI is InChI=1S/C14H18N2O/c1-3-10(2)11-4-6-12(7-5-11)14-8-13(9-15)17-16-14/h4-8,10H,3,9,15H2,1-2H3. The second-order valence-corrected chi connectivity index (χ2v) is 4.31. The van der Waals surface area contributed by atoms with Gasteiger partial charge in [0.15, 0.2) is 5.76 Å². The van der Waals surface area contributed by atoms with Gasteiger partial charge in [0, 0.05) is 11.6 Å². The SMILES string of the molecule is CCC(C)c1ccc(-c2cc(CN)on2)cc1. The molecule has 0 aliphatic heterocycles. The van der Waals surface area contributed by atoms with Gasteiger partial charge in [-0.25, -0.2) is 0 Å². The summed E-state index contributed by atoms with van der Waals surface area (Å²) in [5.74, 6) is 1.31. The van der Waals surface area contributed by atoms with Crippen molar-refractivity contribution in [2.45, 2.75) is 32.7 Å².